The molecule has 31 heavy (non-hydrogen) atoms. The second kappa shape index (κ2) is 8.78. The molecule has 0 saturated carbocycles. The van der Waals surface area contributed by atoms with E-state index >= 15 is 0 Å². The molecule has 5 nitrogen and oxygen atoms in total. The number of halogens is 1. The number of rotatable bonds is 7. The van der Waals surface area contributed by atoms with Crippen molar-refractivity contribution in [1.29, 1.82) is 0 Å². The molecule has 3 aromatic rings. The number of carboxylic acids is 1. The molecule has 0 saturated heterocycles. The predicted molar refractivity (Wildman–Crippen MR) is 114 cm³/mol. The van der Waals surface area contributed by atoms with Crippen molar-refractivity contribution in [2.45, 2.75) is 31.5 Å². The molecule has 4 rings (SSSR count). The Morgan fingerprint density at radius 2 is 1.97 bits per heavy atom. The van der Waals surface area contributed by atoms with Crippen molar-refractivity contribution >= 4 is 5.97 Å². The van der Waals surface area contributed by atoms with E-state index in [-0.39, 0.29) is 18.3 Å². The van der Waals surface area contributed by atoms with Crippen molar-refractivity contribution in [3.8, 4) is 22.6 Å². The molecular formula is C25H23FO5. The van der Waals surface area contributed by atoms with Gasteiger partial charge in [0.2, 0.25) is 0 Å². The maximum atomic E-state index is 14.4. The molecule has 2 atom stereocenters. The van der Waals surface area contributed by atoms with E-state index < -0.39 is 12.1 Å². The quantitative estimate of drug-likeness (QED) is 0.556. The summed E-state index contributed by atoms with van der Waals surface area (Å²) in [5.74, 6) is -0.194. The van der Waals surface area contributed by atoms with Gasteiger partial charge in [-0.1, -0.05) is 30.3 Å². The van der Waals surface area contributed by atoms with Gasteiger partial charge >= 0.3 is 5.97 Å². The lowest BCUT2D eigenvalue weighted by Gasteiger charge is -2.17. The maximum absolute atomic E-state index is 14.4. The van der Waals surface area contributed by atoms with Crippen molar-refractivity contribution in [3.63, 3.8) is 0 Å². The number of aliphatic hydroxyl groups is 1. The number of aliphatic hydroxyl groups excluding tert-OH is 1. The fourth-order valence-electron chi connectivity index (χ4n) is 3.96. The van der Waals surface area contributed by atoms with E-state index in [2.05, 4.69) is 0 Å². The Morgan fingerprint density at radius 3 is 2.74 bits per heavy atom. The molecule has 0 heterocycles. The van der Waals surface area contributed by atoms with E-state index in [1.807, 2.05) is 18.2 Å². The molecule has 6 heteroatoms. The Bertz CT molecular complexity index is 1110. The van der Waals surface area contributed by atoms with E-state index in [9.17, 15) is 14.3 Å². The Balaban J connectivity index is 1.55. The van der Waals surface area contributed by atoms with Gasteiger partial charge in [0.1, 0.15) is 23.4 Å². The summed E-state index contributed by atoms with van der Waals surface area (Å²) in [6, 6.07) is 17.4. The van der Waals surface area contributed by atoms with Crippen LogP contribution in [0.1, 0.15) is 41.7 Å². The van der Waals surface area contributed by atoms with Gasteiger partial charge in [-0.15, -0.1) is 0 Å². The van der Waals surface area contributed by atoms with Crippen molar-refractivity contribution in [2.24, 2.45) is 0 Å². The zero-order valence-electron chi connectivity index (χ0n) is 17.0. The number of ether oxygens (including phenoxy) is 2. The lowest BCUT2D eigenvalue weighted by molar-refractivity contribution is -0.139. The second-order valence-corrected chi connectivity index (χ2v) is 7.59. The molecule has 1 aliphatic carbocycles. The summed E-state index contributed by atoms with van der Waals surface area (Å²) < 4.78 is 25.7. The van der Waals surface area contributed by atoms with Gasteiger partial charge in [0.05, 0.1) is 19.6 Å². The highest BCUT2D eigenvalue weighted by Gasteiger charge is 2.25. The van der Waals surface area contributed by atoms with Crippen LogP contribution in [0.3, 0.4) is 0 Å². The van der Waals surface area contributed by atoms with E-state index in [1.165, 1.54) is 6.07 Å². The van der Waals surface area contributed by atoms with Crippen LogP contribution in [0.25, 0.3) is 11.1 Å². The SMILES string of the molecule is COc1ccc(F)c(-c2ccc3c(c2)CC[C@H]3Oc2cccc([C@H](O)CC(=O)O)c2)c1. The average Bonchev–Trinajstić information content (AvgIpc) is 3.15. The lowest BCUT2D eigenvalue weighted by atomic mass is 9.99. The van der Waals surface area contributed by atoms with Gasteiger partial charge in [-0.25, -0.2) is 4.39 Å². The summed E-state index contributed by atoms with van der Waals surface area (Å²) in [7, 11) is 1.55. The minimum Gasteiger partial charge on any atom is -0.497 e. The highest BCUT2D eigenvalue weighted by molar-refractivity contribution is 5.68. The monoisotopic (exact) mass is 422 g/mol. The van der Waals surface area contributed by atoms with Crippen LogP contribution in [0.15, 0.2) is 60.7 Å². The van der Waals surface area contributed by atoms with Crippen LogP contribution in [-0.4, -0.2) is 23.3 Å². The number of hydrogen-bond acceptors (Lipinski definition) is 4. The molecule has 3 aromatic carbocycles. The Labute approximate surface area is 179 Å². The molecule has 0 bridgehead atoms. The Morgan fingerprint density at radius 1 is 1.13 bits per heavy atom. The minimum absolute atomic E-state index is 0.161. The van der Waals surface area contributed by atoms with Crippen molar-refractivity contribution in [3.05, 3.63) is 83.2 Å². The first-order valence-electron chi connectivity index (χ1n) is 10.1. The highest BCUT2D eigenvalue weighted by atomic mass is 19.1. The minimum atomic E-state index is -1.09. The lowest BCUT2D eigenvalue weighted by Crippen LogP contribution is -2.07. The fourth-order valence-corrected chi connectivity index (χ4v) is 3.96. The summed E-state index contributed by atoms with van der Waals surface area (Å²) in [5.41, 5.74) is 3.93. The van der Waals surface area contributed by atoms with E-state index in [1.54, 1.807) is 43.5 Å². The van der Waals surface area contributed by atoms with Crippen LogP contribution in [-0.2, 0) is 11.2 Å². The molecule has 0 fully saturated rings. The molecule has 1 aliphatic rings. The largest absolute Gasteiger partial charge is 0.497 e. The first-order chi connectivity index (χ1) is 14.9. The molecule has 0 amide bonds. The third kappa shape index (κ3) is 4.54. The Hall–Kier alpha value is -3.38. The van der Waals surface area contributed by atoms with Crippen LogP contribution >= 0.6 is 0 Å². The third-order valence-corrected chi connectivity index (χ3v) is 5.54. The molecule has 0 spiro atoms. The maximum Gasteiger partial charge on any atom is 0.306 e. The highest BCUT2D eigenvalue weighted by Crippen LogP contribution is 2.38. The predicted octanol–water partition coefficient (Wildman–Crippen LogP) is 5.08. The van der Waals surface area contributed by atoms with Gasteiger partial charge in [0.25, 0.3) is 0 Å². The first-order valence-corrected chi connectivity index (χ1v) is 10.1. The number of carbonyl (C=O) groups is 1. The van der Waals surface area contributed by atoms with Crippen LogP contribution < -0.4 is 9.47 Å². The smallest absolute Gasteiger partial charge is 0.306 e. The van der Waals surface area contributed by atoms with Gasteiger partial charge in [-0.05, 0) is 65.4 Å². The molecule has 160 valence electrons. The second-order valence-electron chi connectivity index (χ2n) is 7.59. The van der Waals surface area contributed by atoms with Crippen LogP contribution in [0.4, 0.5) is 4.39 Å². The third-order valence-electron chi connectivity index (χ3n) is 5.54. The average molecular weight is 422 g/mol. The van der Waals surface area contributed by atoms with Crippen LogP contribution in [0.2, 0.25) is 0 Å². The number of methoxy groups -OCH3 is 1. The van der Waals surface area contributed by atoms with Gasteiger partial charge in [-0.2, -0.15) is 0 Å². The number of carboxylic acid groups (broad SMARTS) is 1. The zero-order valence-corrected chi connectivity index (χ0v) is 17.0. The molecular weight excluding hydrogens is 399 g/mol. The van der Waals surface area contributed by atoms with Gasteiger partial charge in [0.15, 0.2) is 0 Å². The summed E-state index contributed by atoms with van der Waals surface area (Å²) in [6.07, 6.45) is -0.0234. The topological polar surface area (TPSA) is 76.0 Å². The Kier molecular flexibility index (Phi) is 5.91. The summed E-state index contributed by atoms with van der Waals surface area (Å²) in [4.78, 5) is 10.8. The van der Waals surface area contributed by atoms with E-state index in [4.69, 9.17) is 14.6 Å². The number of aliphatic carboxylic acids is 1. The first kappa shape index (κ1) is 20.9. The van der Waals surface area contributed by atoms with Gasteiger partial charge < -0.3 is 19.7 Å². The fraction of sp³-hybridized carbons (Fsp3) is 0.240. The number of fused-ring (bicyclic) bond motifs is 1. The normalized spacial score (nSPS) is 15.9. The van der Waals surface area contributed by atoms with Gasteiger partial charge in [0, 0.05) is 5.56 Å². The zero-order chi connectivity index (χ0) is 22.0. The summed E-state index contributed by atoms with van der Waals surface area (Å²) in [5, 5.41) is 18.9. The summed E-state index contributed by atoms with van der Waals surface area (Å²) in [6.45, 7) is 0. The molecule has 0 radical (unpaired) electrons. The molecule has 0 unspecified atom stereocenters. The number of aryl methyl sites for hydroxylation is 1. The van der Waals surface area contributed by atoms with E-state index in [0.717, 1.165) is 29.5 Å². The summed E-state index contributed by atoms with van der Waals surface area (Å²) >= 11 is 0. The number of benzene rings is 3. The number of hydrogen-bond donors (Lipinski definition) is 2. The standard InChI is InChI=1S/C25H23FO5/c1-30-18-7-9-22(26)21(13-18)16-5-8-20-15(11-16)6-10-24(20)31-19-4-2-3-17(12-19)23(27)14-25(28)29/h2-5,7-9,11-13,23-24,27H,6,10,14H2,1H3,(H,28,29)/t23-,24-/m1/s1. The van der Waals surface area contributed by atoms with Crippen LogP contribution in [0, 0.1) is 5.82 Å². The van der Waals surface area contributed by atoms with Crippen LogP contribution in [0.5, 0.6) is 11.5 Å². The van der Waals surface area contributed by atoms with Gasteiger partial charge in [-0.3, -0.25) is 4.79 Å². The van der Waals surface area contributed by atoms with Crippen molar-refractivity contribution in [1.82, 2.24) is 0 Å². The molecule has 2 N–H and O–H groups in total. The van der Waals surface area contributed by atoms with E-state index in [0.29, 0.717) is 22.6 Å². The molecule has 0 aliphatic heterocycles. The molecule has 0 aromatic heterocycles. The van der Waals surface area contributed by atoms with Crippen molar-refractivity contribution < 1.29 is 28.9 Å². The van der Waals surface area contributed by atoms with Crippen molar-refractivity contribution in [2.75, 3.05) is 7.11 Å².